The first kappa shape index (κ1) is 10.5. The number of carbonyl (C=O) groups is 1. The van der Waals surface area contributed by atoms with Crippen molar-refractivity contribution in [1.82, 2.24) is 0 Å². The molecule has 0 saturated heterocycles. The summed E-state index contributed by atoms with van der Waals surface area (Å²) in [4.78, 5) is 10.8. The summed E-state index contributed by atoms with van der Waals surface area (Å²) in [6.45, 7) is 1.50. The van der Waals surface area contributed by atoms with E-state index in [1.807, 2.05) is 0 Å². The van der Waals surface area contributed by atoms with Crippen molar-refractivity contribution in [3.63, 3.8) is 0 Å². The van der Waals surface area contributed by atoms with Crippen molar-refractivity contribution >= 4 is 5.97 Å². The van der Waals surface area contributed by atoms with Crippen LogP contribution < -0.4 is 15.6 Å². The molecule has 0 amide bonds. The molecular formula is C10H13NO3. The van der Waals surface area contributed by atoms with E-state index in [1.165, 1.54) is 14.0 Å². The van der Waals surface area contributed by atoms with Gasteiger partial charge >= 0.3 is 0 Å². The van der Waals surface area contributed by atoms with E-state index in [-0.39, 0.29) is 0 Å². The molecule has 1 aromatic rings. The molecule has 3 N–H and O–H groups in total. The first-order valence-corrected chi connectivity index (χ1v) is 4.20. The molecule has 0 aliphatic heterocycles. The molecule has 0 aromatic heterocycles. The molecule has 14 heavy (non-hydrogen) atoms. The van der Waals surface area contributed by atoms with E-state index < -0.39 is 11.5 Å². The minimum atomic E-state index is -1.24. The lowest BCUT2D eigenvalue weighted by atomic mass is 9.93. The number of carboxylic acids is 1. The molecule has 4 heteroatoms. The van der Waals surface area contributed by atoms with Crippen molar-refractivity contribution in [2.45, 2.75) is 12.5 Å². The molecule has 0 spiro atoms. The van der Waals surface area contributed by atoms with Crippen LogP contribution in [0.3, 0.4) is 0 Å². The van der Waals surface area contributed by atoms with Crippen LogP contribution >= 0.6 is 0 Å². The first-order valence-electron chi connectivity index (χ1n) is 4.20. The summed E-state index contributed by atoms with van der Waals surface area (Å²) < 4.78 is 4.99. The monoisotopic (exact) mass is 195 g/mol. The molecule has 4 nitrogen and oxygen atoms in total. The number of methoxy groups -OCH3 is 1. The Bertz CT molecular complexity index is 347. The van der Waals surface area contributed by atoms with Crippen molar-refractivity contribution in [2.75, 3.05) is 7.11 Å². The summed E-state index contributed by atoms with van der Waals surface area (Å²) in [6.07, 6.45) is 0. The molecular weight excluding hydrogens is 182 g/mol. The zero-order valence-corrected chi connectivity index (χ0v) is 8.24. The zero-order chi connectivity index (χ0) is 10.8. The molecule has 1 rings (SSSR count). The van der Waals surface area contributed by atoms with Crippen molar-refractivity contribution in [1.29, 1.82) is 0 Å². The number of ether oxygens (including phenoxy) is 1. The van der Waals surface area contributed by atoms with Gasteiger partial charge in [0.2, 0.25) is 0 Å². The molecule has 0 aliphatic carbocycles. The fourth-order valence-electron chi connectivity index (χ4n) is 1.08. The van der Waals surface area contributed by atoms with Gasteiger partial charge in [0.25, 0.3) is 0 Å². The molecule has 0 bridgehead atoms. The van der Waals surface area contributed by atoms with Gasteiger partial charge in [0, 0.05) is 12.5 Å². The molecule has 0 radical (unpaired) electrons. The Morgan fingerprint density at radius 3 is 2.71 bits per heavy atom. The van der Waals surface area contributed by atoms with Crippen LogP contribution in [-0.2, 0) is 10.3 Å². The highest BCUT2D eigenvalue weighted by Crippen LogP contribution is 2.20. The van der Waals surface area contributed by atoms with Gasteiger partial charge in [-0.25, -0.2) is 0 Å². The third-order valence-corrected chi connectivity index (χ3v) is 2.16. The summed E-state index contributed by atoms with van der Waals surface area (Å²) in [5.74, 6) is -0.593. The van der Waals surface area contributed by atoms with E-state index in [2.05, 4.69) is 5.73 Å². The first-order chi connectivity index (χ1) is 6.48. The Balaban J connectivity index is 3.12. The van der Waals surface area contributed by atoms with Crippen LogP contribution in [-0.4, -0.2) is 13.1 Å². The van der Waals surface area contributed by atoms with E-state index in [1.54, 1.807) is 24.3 Å². The van der Waals surface area contributed by atoms with Crippen LogP contribution in [0.15, 0.2) is 24.3 Å². The van der Waals surface area contributed by atoms with Gasteiger partial charge in [-0.1, -0.05) is 12.1 Å². The predicted molar refractivity (Wildman–Crippen MR) is 48.2 cm³/mol. The number of benzene rings is 1. The summed E-state index contributed by atoms with van der Waals surface area (Å²) in [7, 11) is 1.53. The minimum absolute atomic E-state index is 0.567. The number of hydrogen-bond acceptors (Lipinski definition) is 3. The predicted octanol–water partition coefficient (Wildman–Crippen LogP) is -1.10. The molecule has 0 saturated carbocycles. The Labute approximate surface area is 82.3 Å². The Morgan fingerprint density at radius 1 is 1.57 bits per heavy atom. The molecule has 0 heterocycles. The van der Waals surface area contributed by atoms with Gasteiger partial charge in [0.05, 0.1) is 7.11 Å². The smallest absolute Gasteiger partial charge is 0.157 e. The molecule has 1 atom stereocenters. The van der Waals surface area contributed by atoms with Crippen LogP contribution in [0.4, 0.5) is 0 Å². The van der Waals surface area contributed by atoms with E-state index in [4.69, 9.17) is 4.74 Å². The van der Waals surface area contributed by atoms with Crippen LogP contribution in [0.2, 0.25) is 0 Å². The summed E-state index contributed by atoms with van der Waals surface area (Å²) in [6, 6.07) is 6.80. The van der Waals surface area contributed by atoms with Gasteiger partial charge in [0.1, 0.15) is 11.7 Å². The fraction of sp³-hybridized carbons (Fsp3) is 0.300. The SMILES string of the molecule is COc1cccc([C@@](C)([NH3+])C(=O)[O-])c1. The summed E-state index contributed by atoms with van der Waals surface area (Å²) >= 11 is 0. The number of carbonyl (C=O) groups excluding carboxylic acids is 1. The maximum Gasteiger partial charge on any atom is 0.157 e. The minimum Gasteiger partial charge on any atom is -0.543 e. The van der Waals surface area contributed by atoms with Crippen molar-refractivity contribution < 1.29 is 20.4 Å². The average Bonchev–Trinajstić information content (AvgIpc) is 2.17. The third-order valence-electron chi connectivity index (χ3n) is 2.16. The second-order valence-corrected chi connectivity index (χ2v) is 3.35. The molecule has 0 fully saturated rings. The van der Waals surface area contributed by atoms with Gasteiger partial charge in [0.15, 0.2) is 5.54 Å². The van der Waals surface area contributed by atoms with E-state index in [9.17, 15) is 9.90 Å². The van der Waals surface area contributed by atoms with Crippen molar-refractivity contribution in [2.24, 2.45) is 0 Å². The number of aliphatic carboxylic acids is 1. The lowest BCUT2D eigenvalue weighted by Gasteiger charge is -2.22. The normalized spacial score (nSPS) is 14.5. The topological polar surface area (TPSA) is 77.0 Å². The quantitative estimate of drug-likeness (QED) is 0.665. The Morgan fingerprint density at radius 2 is 2.21 bits per heavy atom. The number of hydrogen-bond donors (Lipinski definition) is 1. The van der Waals surface area contributed by atoms with Crippen LogP contribution in [0.25, 0.3) is 0 Å². The number of quaternary nitrogens is 1. The van der Waals surface area contributed by atoms with Gasteiger partial charge in [-0.2, -0.15) is 0 Å². The summed E-state index contributed by atoms with van der Waals surface area (Å²) in [5, 5.41) is 10.8. The van der Waals surface area contributed by atoms with Crippen LogP contribution in [0.1, 0.15) is 12.5 Å². The van der Waals surface area contributed by atoms with Crippen LogP contribution in [0.5, 0.6) is 5.75 Å². The van der Waals surface area contributed by atoms with Crippen molar-refractivity contribution in [3.8, 4) is 5.75 Å². The Kier molecular flexibility index (Phi) is 2.76. The lowest BCUT2D eigenvalue weighted by molar-refractivity contribution is -0.489. The molecule has 1 aromatic carbocycles. The Hall–Kier alpha value is -1.55. The molecule has 76 valence electrons. The standard InChI is InChI=1S/C10H13NO3/c1-10(11,9(12)13)7-4-3-5-8(6-7)14-2/h3-6H,11H2,1-2H3,(H,12,13)/t10-/m1/s1. The van der Waals surface area contributed by atoms with Crippen molar-refractivity contribution in [3.05, 3.63) is 29.8 Å². The van der Waals surface area contributed by atoms with Gasteiger partial charge in [-0.05, 0) is 12.1 Å². The average molecular weight is 195 g/mol. The highest BCUT2D eigenvalue weighted by atomic mass is 16.5. The highest BCUT2D eigenvalue weighted by molar-refractivity contribution is 5.76. The van der Waals surface area contributed by atoms with Gasteiger partial charge in [-0.3, -0.25) is 0 Å². The maximum atomic E-state index is 10.8. The molecule has 0 aliphatic rings. The van der Waals surface area contributed by atoms with E-state index in [0.717, 1.165) is 0 Å². The lowest BCUT2D eigenvalue weighted by Crippen LogP contribution is -2.75. The number of rotatable bonds is 3. The van der Waals surface area contributed by atoms with E-state index >= 15 is 0 Å². The second-order valence-electron chi connectivity index (χ2n) is 3.35. The van der Waals surface area contributed by atoms with Gasteiger partial charge in [-0.15, -0.1) is 0 Å². The summed E-state index contributed by atoms with van der Waals surface area (Å²) in [5.41, 5.74) is 2.92. The largest absolute Gasteiger partial charge is 0.543 e. The highest BCUT2D eigenvalue weighted by Gasteiger charge is 2.27. The van der Waals surface area contributed by atoms with Gasteiger partial charge < -0.3 is 20.4 Å². The zero-order valence-electron chi connectivity index (χ0n) is 8.24. The molecule has 0 unspecified atom stereocenters. The third kappa shape index (κ3) is 1.85. The maximum absolute atomic E-state index is 10.8. The van der Waals surface area contributed by atoms with Crippen LogP contribution in [0, 0.1) is 0 Å². The van der Waals surface area contributed by atoms with E-state index in [0.29, 0.717) is 11.3 Å². The number of carboxylic acid groups (broad SMARTS) is 1. The second kappa shape index (κ2) is 3.67. The fourth-order valence-corrected chi connectivity index (χ4v) is 1.08.